The molecule has 5 nitrogen and oxygen atoms in total. The van der Waals surface area contributed by atoms with Crippen molar-refractivity contribution < 1.29 is 14.7 Å². The van der Waals surface area contributed by atoms with Gasteiger partial charge in [0, 0.05) is 26.6 Å². The average molecular weight is 172 g/mol. The molecule has 1 unspecified atom stereocenters. The normalized spacial score (nSPS) is 23.8. The van der Waals surface area contributed by atoms with Crippen LogP contribution in [-0.2, 0) is 9.59 Å². The number of carboxylic acids is 1. The van der Waals surface area contributed by atoms with E-state index >= 15 is 0 Å². The van der Waals surface area contributed by atoms with Crippen LogP contribution in [0.4, 0.5) is 0 Å². The number of amides is 1. The van der Waals surface area contributed by atoms with E-state index < -0.39 is 12.0 Å². The van der Waals surface area contributed by atoms with Gasteiger partial charge in [-0.15, -0.1) is 0 Å². The van der Waals surface area contributed by atoms with Crippen molar-refractivity contribution in [3.63, 3.8) is 0 Å². The van der Waals surface area contributed by atoms with Crippen molar-refractivity contribution in [2.45, 2.75) is 13.0 Å². The van der Waals surface area contributed by atoms with Crippen LogP contribution < -0.4 is 5.32 Å². The maximum absolute atomic E-state index is 10.9. The summed E-state index contributed by atoms with van der Waals surface area (Å²) < 4.78 is 0. The second-order valence-corrected chi connectivity index (χ2v) is 2.77. The number of rotatable bonds is 1. The number of piperazine rings is 1. The molecule has 1 heterocycles. The fourth-order valence-corrected chi connectivity index (χ4v) is 1.30. The monoisotopic (exact) mass is 172 g/mol. The zero-order valence-electron chi connectivity index (χ0n) is 6.91. The number of hydrogen-bond acceptors (Lipinski definition) is 3. The van der Waals surface area contributed by atoms with Crippen molar-refractivity contribution >= 4 is 11.9 Å². The molecule has 1 aliphatic rings. The smallest absolute Gasteiger partial charge is 0.327 e. The van der Waals surface area contributed by atoms with E-state index in [1.165, 1.54) is 11.8 Å². The highest BCUT2D eigenvalue weighted by Crippen LogP contribution is 2.03. The molecule has 1 rings (SSSR count). The molecule has 1 aliphatic heterocycles. The van der Waals surface area contributed by atoms with Gasteiger partial charge in [-0.2, -0.15) is 0 Å². The molecule has 2 N–H and O–H groups in total. The summed E-state index contributed by atoms with van der Waals surface area (Å²) in [6.45, 7) is 2.88. The lowest BCUT2D eigenvalue weighted by molar-refractivity contribution is -0.150. The first-order chi connectivity index (χ1) is 5.63. The van der Waals surface area contributed by atoms with E-state index in [0.29, 0.717) is 19.6 Å². The number of carbonyl (C=O) groups is 2. The Morgan fingerprint density at radius 3 is 2.67 bits per heavy atom. The van der Waals surface area contributed by atoms with Gasteiger partial charge in [-0.3, -0.25) is 4.79 Å². The minimum absolute atomic E-state index is 0.177. The number of aliphatic carboxylic acids is 1. The minimum atomic E-state index is -0.947. The maximum atomic E-state index is 10.9. The van der Waals surface area contributed by atoms with Gasteiger partial charge in [0.15, 0.2) is 0 Å². The quantitative estimate of drug-likeness (QED) is 0.526. The van der Waals surface area contributed by atoms with Crippen LogP contribution in [0.25, 0.3) is 0 Å². The first-order valence-electron chi connectivity index (χ1n) is 3.83. The number of nitrogens with zero attached hydrogens (tertiary/aromatic N) is 1. The van der Waals surface area contributed by atoms with E-state index in [-0.39, 0.29) is 5.91 Å². The number of carboxylic acid groups (broad SMARTS) is 1. The summed E-state index contributed by atoms with van der Waals surface area (Å²) in [5, 5.41) is 11.6. The van der Waals surface area contributed by atoms with Crippen LogP contribution in [0.2, 0.25) is 0 Å². The van der Waals surface area contributed by atoms with Gasteiger partial charge in [-0.05, 0) is 0 Å². The summed E-state index contributed by atoms with van der Waals surface area (Å²) in [6.07, 6.45) is 0. The number of nitrogens with one attached hydrogen (secondary N) is 1. The number of hydrogen-bond donors (Lipinski definition) is 2. The molecule has 1 fully saturated rings. The van der Waals surface area contributed by atoms with Crippen LogP contribution in [0.15, 0.2) is 0 Å². The SMILES string of the molecule is CC(=O)N1CCNCC1C(=O)O. The first kappa shape index (κ1) is 8.99. The molecule has 0 aromatic carbocycles. The summed E-state index contributed by atoms with van der Waals surface area (Å²) in [6, 6.07) is -0.698. The molecule has 0 saturated carbocycles. The Labute approximate surface area is 70.4 Å². The fourth-order valence-electron chi connectivity index (χ4n) is 1.30. The van der Waals surface area contributed by atoms with Crippen molar-refractivity contribution in [3.8, 4) is 0 Å². The van der Waals surface area contributed by atoms with Gasteiger partial charge in [-0.1, -0.05) is 0 Å². The predicted octanol–water partition coefficient (Wildman–Crippen LogP) is -1.11. The van der Waals surface area contributed by atoms with E-state index in [4.69, 9.17) is 5.11 Å². The topological polar surface area (TPSA) is 69.6 Å². The lowest BCUT2D eigenvalue weighted by Gasteiger charge is -2.32. The van der Waals surface area contributed by atoms with Crippen LogP contribution in [0.1, 0.15) is 6.92 Å². The number of carbonyl (C=O) groups excluding carboxylic acids is 1. The third-order valence-corrected chi connectivity index (χ3v) is 1.93. The van der Waals surface area contributed by atoms with Crippen LogP contribution in [0.3, 0.4) is 0 Å². The summed E-state index contributed by atoms with van der Waals surface area (Å²) in [5.74, 6) is -1.12. The zero-order valence-corrected chi connectivity index (χ0v) is 6.91. The molecule has 0 spiro atoms. The molecule has 68 valence electrons. The van der Waals surface area contributed by atoms with Gasteiger partial charge in [0.05, 0.1) is 0 Å². The Morgan fingerprint density at radius 2 is 2.25 bits per heavy atom. The summed E-state index contributed by atoms with van der Waals surface area (Å²) in [7, 11) is 0. The highest BCUT2D eigenvalue weighted by Gasteiger charge is 2.29. The molecule has 0 aromatic heterocycles. The standard InChI is InChI=1S/C7H12N2O3/c1-5(10)9-3-2-8-4-6(9)7(11)12/h6,8H,2-4H2,1H3,(H,11,12). The Morgan fingerprint density at radius 1 is 1.58 bits per heavy atom. The summed E-state index contributed by atoms with van der Waals surface area (Å²) >= 11 is 0. The summed E-state index contributed by atoms with van der Waals surface area (Å²) in [5.41, 5.74) is 0. The Bertz CT molecular complexity index is 183. The Kier molecular flexibility index (Phi) is 2.65. The third kappa shape index (κ3) is 1.73. The van der Waals surface area contributed by atoms with Crippen molar-refractivity contribution in [3.05, 3.63) is 0 Å². The van der Waals surface area contributed by atoms with Crippen molar-refractivity contribution in [1.29, 1.82) is 0 Å². The average Bonchev–Trinajstić information content (AvgIpc) is 2.04. The van der Waals surface area contributed by atoms with Gasteiger partial charge < -0.3 is 15.3 Å². The van der Waals surface area contributed by atoms with Gasteiger partial charge >= 0.3 is 5.97 Å². The molecule has 0 aliphatic carbocycles. The van der Waals surface area contributed by atoms with E-state index in [2.05, 4.69) is 5.32 Å². The third-order valence-electron chi connectivity index (χ3n) is 1.93. The van der Waals surface area contributed by atoms with E-state index in [1.54, 1.807) is 0 Å². The molecule has 1 amide bonds. The highest BCUT2D eigenvalue weighted by molar-refractivity contribution is 5.82. The van der Waals surface area contributed by atoms with Crippen LogP contribution in [0, 0.1) is 0 Å². The van der Waals surface area contributed by atoms with Crippen LogP contribution in [-0.4, -0.2) is 47.6 Å². The predicted molar refractivity (Wildman–Crippen MR) is 41.7 cm³/mol. The van der Waals surface area contributed by atoms with Crippen molar-refractivity contribution in [2.24, 2.45) is 0 Å². The molecule has 1 atom stereocenters. The molecule has 5 heteroatoms. The van der Waals surface area contributed by atoms with Gasteiger partial charge in [-0.25, -0.2) is 4.79 Å². The van der Waals surface area contributed by atoms with Crippen LogP contribution >= 0.6 is 0 Å². The molecule has 1 saturated heterocycles. The summed E-state index contributed by atoms with van der Waals surface area (Å²) in [4.78, 5) is 23.0. The molecular formula is C7H12N2O3. The Hall–Kier alpha value is -1.10. The fraction of sp³-hybridized carbons (Fsp3) is 0.714. The van der Waals surface area contributed by atoms with E-state index in [1.807, 2.05) is 0 Å². The van der Waals surface area contributed by atoms with E-state index in [0.717, 1.165) is 0 Å². The van der Waals surface area contributed by atoms with Crippen molar-refractivity contribution in [2.75, 3.05) is 19.6 Å². The highest BCUT2D eigenvalue weighted by atomic mass is 16.4. The molecular weight excluding hydrogens is 160 g/mol. The van der Waals surface area contributed by atoms with Gasteiger partial charge in [0.25, 0.3) is 0 Å². The largest absolute Gasteiger partial charge is 0.480 e. The van der Waals surface area contributed by atoms with E-state index in [9.17, 15) is 9.59 Å². The Balaban J connectivity index is 2.67. The first-order valence-corrected chi connectivity index (χ1v) is 3.83. The van der Waals surface area contributed by atoms with Crippen molar-refractivity contribution in [1.82, 2.24) is 10.2 Å². The van der Waals surface area contributed by atoms with Crippen LogP contribution in [0.5, 0.6) is 0 Å². The lowest BCUT2D eigenvalue weighted by atomic mass is 10.2. The molecule has 0 radical (unpaired) electrons. The lowest BCUT2D eigenvalue weighted by Crippen LogP contribution is -2.56. The van der Waals surface area contributed by atoms with Gasteiger partial charge in [0.1, 0.15) is 6.04 Å². The maximum Gasteiger partial charge on any atom is 0.327 e. The molecule has 0 aromatic rings. The second-order valence-electron chi connectivity index (χ2n) is 2.77. The zero-order chi connectivity index (χ0) is 9.14. The minimum Gasteiger partial charge on any atom is -0.480 e. The second kappa shape index (κ2) is 3.53. The molecule has 0 bridgehead atoms. The molecule has 12 heavy (non-hydrogen) atoms. The van der Waals surface area contributed by atoms with Gasteiger partial charge in [0.2, 0.25) is 5.91 Å².